The van der Waals surface area contributed by atoms with Crippen molar-refractivity contribution in [1.82, 2.24) is 4.90 Å². The fourth-order valence-corrected chi connectivity index (χ4v) is 5.45. The molecule has 0 spiro atoms. The Balaban J connectivity index is 1.34. The summed E-state index contributed by atoms with van der Waals surface area (Å²) in [6, 6.07) is 12.0. The lowest BCUT2D eigenvalue weighted by Crippen LogP contribution is -2.23. The van der Waals surface area contributed by atoms with Gasteiger partial charge in [-0.3, -0.25) is 4.90 Å². The van der Waals surface area contributed by atoms with Gasteiger partial charge in [0.1, 0.15) is 5.75 Å². The van der Waals surface area contributed by atoms with E-state index in [0.29, 0.717) is 25.6 Å². The second-order valence-corrected chi connectivity index (χ2v) is 10.2. The minimum absolute atomic E-state index is 0.0954. The standard InChI is InChI=1S/C22H24F3NO3S/c23-22(24,25)18-2-1-3-21(12-18)30(27,28)15-17-10-11-26(14-17)13-16-4-6-19(7-5-16)29-20-8-9-20/h1-7,12,17,20H,8-11,13-15H2/t17-/m1/s1. The molecule has 2 fully saturated rings. The average molecular weight is 439 g/mol. The van der Waals surface area contributed by atoms with Crippen molar-refractivity contribution < 1.29 is 26.3 Å². The molecule has 0 N–H and O–H groups in total. The van der Waals surface area contributed by atoms with E-state index in [1.165, 1.54) is 6.07 Å². The molecule has 0 unspecified atom stereocenters. The van der Waals surface area contributed by atoms with E-state index in [2.05, 4.69) is 4.90 Å². The summed E-state index contributed by atoms with van der Waals surface area (Å²) in [6.45, 7) is 2.09. The van der Waals surface area contributed by atoms with Crippen LogP contribution in [0.4, 0.5) is 13.2 Å². The lowest BCUT2D eigenvalue weighted by Gasteiger charge is -2.17. The number of rotatable bonds is 7. The Hall–Kier alpha value is -2.06. The lowest BCUT2D eigenvalue weighted by molar-refractivity contribution is -0.137. The molecular formula is C22H24F3NO3S. The second-order valence-electron chi connectivity index (χ2n) is 8.16. The third-order valence-corrected chi connectivity index (χ3v) is 7.38. The van der Waals surface area contributed by atoms with E-state index in [4.69, 9.17) is 4.74 Å². The maximum atomic E-state index is 12.9. The van der Waals surface area contributed by atoms with Gasteiger partial charge in [0.25, 0.3) is 0 Å². The van der Waals surface area contributed by atoms with E-state index in [0.717, 1.165) is 48.9 Å². The molecular weight excluding hydrogens is 415 g/mol. The van der Waals surface area contributed by atoms with Gasteiger partial charge < -0.3 is 4.74 Å². The van der Waals surface area contributed by atoms with Crippen LogP contribution in [-0.2, 0) is 22.6 Å². The Bertz CT molecular complexity index is 985. The average Bonchev–Trinajstić information content (AvgIpc) is 3.41. The molecule has 162 valence electrons. The number of hydrogen-bond donors (Lipinski definition) is 0. The van der Waals surface area contributed by atoms with E-state index in [-0.39, 0.29) is 16.6 Å². The van der Waals surface area contributed by atoms with Crippen molar-refractivity contribution in [2.24, 2.45) is 5.92 Å². The fourth-order valence-electron chi connectivity index (χ4n) is 3.77. The minimum Gasteiger partial charge on any atom is -0.490 e. The number of likely N-dealkylation sites (tertiary alicyclic amines) is 1. The first kappa shape index (κ1) is 21.2. The Morgan fingerprint density at radius 3 is 2.43 bits per heavy atom. The number of nitrogens with zero attached hydrogens (tertiary/aromatic N) is 1. The normalized spacial score (nSPS) is 20.4. The molecule has 1 saturated carbocycles. The molecule has 1 aliphatic heterocycles. The maximum Gasteiger partial charge on any atom is 0.416 e. The van der Waals surface area contributed by atoms with Gasteiger partial charge in [-0.2, -0.15) is 13.2 Å². The van der Waals surface area contributed by atoms with Crippen molar-refractivity contribution in [2.75, 3.05) is 18.8 Å². The third kappa shape index (κ3) is 5.35. The summed E-state index contributed by atoms with van der Waals surface area (Å²) in [5.41, 5.74) is 0.185. The number of sulfone groups is 1. The molecule has 1 aliphatic carbocycles. The van der Waals surface area contributed by atoms with Crippen molar-refractivity contribution >= 4 is 9.84 Å². The predicted molar refractivity (Wildman–Crippen MR) is 107 cm³/mol. The van der Waals surface area contributed by atoms with Crippen LogP contribution in [-0.4, -0.2) is 38.3 Å². The van der Waals surface area contributed by atoms with Gasteiger partial charge in [-0.05, 0) is 67.6 Å². The molecule has 4 nitrogen and oxygen atoms in total. The smallest absolute Gasteiger partial charge is 0.416 e. The predicted octanol–water partition coefficient (Wildman–Crippen LogP) is 4.54. The first-order valence-corrected chi connectivity index (χ1v) is 11.7. The molecule has 0 bridgehead atoms. The van der Waals surface area contributed by atoms with Crippen molar-refractivity contribution in [2.45, 2.75) is 43.0 Å². The quantitative estimate of drug-likeness (QED) is 0.636. The van der Waals surface area contributed by atoms with Gasteiger partial charge in [0, 0.05) is 13.1 Å². The van der Waals surface area contributed by atoms with Crippen molar-refractivity contribution in [1.29, 1.82) is 0 Å². The zero-order chi connectivity index (χ0) is 21.4. The van der Waals surface area contributed by atoms with Crippen LogP contribution in [0.5, 0.6) is 5.75 Å². The molecule has 4 rings (SSSR count). The Kier molecular flexibility index (Phi) is 5.81. The SMILES string of the molecule is O=S(=O)(C[C@@H]1CCN(Cc2ccc(OC3CC3)cc2)C1)c1cccc(C(F)(F)F)c1. The van der Waals surface area contributed by atoms with E-state index < -0.39 is 21.6 Å². The van der Waals surface area contributed by atoms with Crippen LogP contribution in [0.2, 0.25) is 0 Å². The molecule has 30 heavy (non-hydrogen) atoms. The summed E-state index contributed by atoms with van der Waals surface area (Å²) < 4.78 is 69.8. The summed E-state index contributed by atoms with van der Waals surface area (Å²) in [5.74, 6) is 0.633. The van der Waals surface area contributed by atoms with Crippen LogP contribution in [0.15, 0.2) is 53.4 Å². The van der Waals surface area contributed by atoms with Crippen molar-refractivity contribution in [3.63, 3.8) is 0 Å². The van der Waals surface area contributed by atoms with Crippen LogP contribution < -0.4 is 4.74 Å². The molecule has 2 aromatic rings. The minimum atomic E-state index is -4.56. The van der Waals surface area contributed by atoms with Crippen LogP contribution in [0.3, 0.4) is 0 Å². The summed E-state index contributed by atoms with van der Waals surface area (Å²) in [7, 11) is -3.78. The largest absolute Gasteiger partial charge is 0.490 e. The van der Waals surface area contributed by atoms with Gasteiger partial charge >= 0.3 is 6.18 Å². The highest BCUT2D eigenvalue weighted by atomic mass is 32.2. The first-order valence-electron chi connectivity index (χ1n) is 10.1. The topological polar surface area (TPSA) is 46.6 Å². The van der Waals surface area contributed by atoms with Gasteiger partial charge in [-0.1, -0.05) is 18.2 Å². The summed E-state index contributed by atoms with van der Waals surface area (Å²) in [6.07, 6.45) is -1.27. The molecule has 0 aromatic heterocycles. The summed E-state index contributed by atoms with van der Waals surface area (Å²) in [4.78, 5) is 1.92. The van der Waals surface area contributed by atoms with E-state index >= 15 is 0 Å². The Labute approximate surface area is 174 Å². The van der Waals surface area contributed by atoms with Gasteiger partial charge in [0.15, 0.2) is 9.84 Å². The van der Waals surface area contributed by atoms with E-state index in [1.807, 2.05) is 24.3 Å². The number of benzene rings is 2. The molecule has 0 amide bonds. The van der Waals surface area contributed by atoms with Crippen molar-refractivity contribution in [3.05, 3.63) is 59.7 Å². The number of hydrogen-bond acceptors (Lipinski definition) is 4. The van der Waals surface area contributed by atoms with Gasteiger partial charge in [0.2, 0.25) is 0 Å². The molecule has 1 saturated heterocycles. The van der Waals surface area contributed by atoms with Crippen LogP contribution >= 0.6 is 0 Å². The zero-order valence-electron chi connectivity index (χ0n) is 16.4. The van der Waals surface area contributed by atoms with Crippen LogP contribution in [0.1, 0.15) is 30.4 Å². The number of alkyl halides is 3. The monoisotopic (exact) mass is 439 g/mol. The fraction of sp³-hybridized carbons (Fsp3) is 0.455. The molecule has 2 aliphatic rings. The van der Waals surface area contributed by atoms with Crippen molar-refractivity contribution in [3.8, 4) is 5.75 Å². The van der Waals surface area contributed by atoms with E-state index in [1.54, 1.807) is 0 Å². The van der Waals surface area contributed by atoms with Crippen LogP contribution in [0, 0.1) is 5.92 Å². The molecule has 2 aromatic carbocycles. The number of ether oxygens (including phenoxy) is 1. The summed E-state index contributed by atoms with van der Waals surface area (Å²) >= 11 is 0. The van der Waals surface area contributed by atoms with Gasteiger partial charge in [-0.25, -0.2) is 8.42 Å². The van der Waals surface area contributed by atoms with E-state index in [9.17, 15) is 21.6 Å². The third-order valence-electron chi connectivity index (χ3n) is 5.50. The van der Waals surface area contributed by atoms with Gasteiger partial charge in [-0.15, -0.1) is 0 Å². The highest BCUT2D eigenvalue weighted by Gasteiger charge is 2.33. The van der Waals surface area contributed by atoms with Gasteiger partial charge in [0.05, 0.1) is 22.3 Å². The first-order chi connectivity index (χ1) is 14.2. The maximum absolute atomic E-state index is 12.9. The lowest BCUT2D eigenvalue weighted by atomic mass is 10.1. The molecule has 8 heteroatoms. The molecule has 1 atom stereocenters. The second kappa shape index (κ2) is 8.23. The summed E-state index contributed by atoms with van der Waals surface area (Å²) in [5, 5.41) is 0. The Morgan fingerprint density at radius 1 is 1.03 bits per heavy atom. The Morgan fingerprint density at radius 2 is 1.77 bits per heavy atom. The highest BCUT2D eigenvalue weighted by Crippen LogP contribution is 2.32. The zero-order valence-corrected chi connectivity index (χ0v) is 17.3. The molecule has 1 heterocycles. The molecule has 0 radical (unpaired) electrons. The van der Waals surface area contributed by atoms with Crippen LogP contribution in [0.25, 0.3) is 0 Å². The highest BCUT2D eigenvalue weighted by molar-refractivity contribution is 7.91. The number of halogens is 3.